The van der Waals surface area contributed by atoms with Crippen LogP contribution in [0.15, 0.2) is 53.9 Å². The molecule has 0 saturated heterocycles. The smallest absolute Gasteiger partial charge is 0.224 e. The minimum atomic E-state index is -0.0874. The molecule has 0 atom stereocenters. The van der Waals surface area contributed by atoms with E-state index in [9.17, 15) is 9.59 Å². The Morgan fingerprint density at radius 3 is 2.62 bits per heavy atom. The van der Waals surface area contributed by atoms with E-state index in [0.717, 1.165) is 16.3 Å². The summed E-state index contributed by atoms with van der Waals surface area (Å²) in [7, 11) is 0. The lowest BCUT2D eigenvalue weighted by atomic mass is 10.1. The first-order valence-corrected chi connectivity index (χ1v) is 9.31. The summed E-state index contributed by atoms with van der Waals surface area (Å²) in [6.07, 6.45) is 0.933. The summed E-state index contributed by atoms with van der Waals surface area (Å²) in [5.74, 6) is -0.109. The molecule has 1 N–H and O–H groups in total. The van der Waals surface area contributed by atoms with Crippen LogP contribution in [-0.4, -0.2) is 16.7 Å². The number of Topliss-reactive ketones (excluding diaryl/α,β-unsaturated/α-hetero) is 1. The Kier molecular flexibility index (Phi) is 5.58. The molecule has 3 aromatic rings. The fourth-order valence-corrected chi connectivity index (χ4v) is 3.39. The van der Waals surface area contributed by atoms with E-state index in [1.54, 1.807) is 35.6 Å². The van der Waals surface area contributed by atoms with Crippen LogP contribution in [0.5, 0.6) is 0 Å². The SMILES string of the molecule is CC(=O)c1cccc(NC(=O)CCc2csc(-c3ccc(C)cc3)n2)c1. The molecule has 1 amide bonds. The topological polar surface area (TPSA) is 59.1 Å². The van der Waals surface area contributed by atoms with Crippen LogP contribution in [0.1, 0.15) is 35.0 Å². The first-order chi connectivity index (χ1) is 12.5. The Morgan fingerprint density at radius 1 is 1.12 bits per heavy atom. The summed E-state index contributed by atoms with van der Waals surface area (Å²) >= 11 is 1.59. The number of anilines is 1. The summed E-state index contributed by atoms with van der Waals surface area (Å²) in [5.41, 5.74) is 4.46. The van der Waals surface area contributed by atoms with Gasteiger partial charge in [-0.15, -0.1) is 11.3 Å². The number of rotatable bonds is 6. The van der Waals surface area contributed by atoms with Crippen molar-refractivity contribution in [2.45, 2.75) is 26.7 Å². The van der Waals surface area contributed by atoms with Crippen molar-refractivity contribution in [2.75, 3.05) is 5.32 Å². The third-order valence-corrected chi connectivity index (χ3v) is 4.95. The van der Waals surface area contributed by atoms with Gasteiger partial charge in [0.1, 0.15) is 5.01 Å². The van der Waals surface area contributed by atoms with Crippen molar-refractivity contribution in [1.29, 1.82) is 0 Å². The van der Waals surface area contributed by atoms with Gasteiger partial charge in [-0.2, -0.15) is 0 Å². The molecule has 0 radical (unpaired) electrons. The lowest BCUT2D eigenvalue weighted by Gasteiger charge is -2.05. The van der Waals surface area contributed by atoms with Crippen LogP contribution in [0, 0.1) is 6.92 Å². The highest BCUT2D eigenvalue weighted by molar-refractivity contribution is 7.13. The number of benzene rings is 2. The first kappa shape index (κ1) is 18.0. The summed E-state index contributed by atoms with van der Waals surface area (Å²) < 4.78 is 0. The Labute approximate surface area is 156 Å². The molecular weight excluding hydrogens is 344 g/mol. The second-order valence-corrected chi connectivity index (χ2v) is 7.05. The number of thiazole rings is 1. The average Bonchev–Trinajstić information content (AvgIpc) is 3.10. The predicted octanol–water partition coefficient (Wildman–Crippen LogP) is 4.89. The number of amides is 1. The number of carbonyl (C=O) groups is 2. The molecule has 4 nitrogen and oxygen atoms in total. The number of nitrogens with zero attached hydrogens (tertiary/aromatic N) is 1. The second-order valence-electron chi connectivity index (χ2n) is 6.20. The number of nitrogens with one attached hydrogen (secondary N) is 1. The fourth-order valence-electron chi connectivity index (χ4n) is 2.53. The molecule has 132 valence electrons. The van der Waals surface area contributed by atoms with Crippen molar-refractivity contribution in [3.05, 3.63) is 70.7 Å². The van der Waals surface area contributed by atoms with E-state index in [4.69, 9.17) is 0 Å². The number of ketones is 1. The van der Waals surface area contributed by atoms with E-state index >= 15 is 0 Å². The molecule has 1 aromatic heterocycles. The Hall–Kier alpha value is -2.79. The Morgan fingerprint density at radius 2 is 1.88 bits per heavy atom. The molecule has 0 aliphatic heterocycles. The highest BCUT2D eigenvalue weighted by Crippen LogP contribution is 2.24. The van der Waals surface area contributed by atoms with Gasteiger partial charge in [0, 0.05) is 28.6 Å². The van der Waals surface area contributed by atoms with Crippen LogP contribution in [0.3, 0.4) is 0 Å². The molecule has 0 saturated carbocycles. The van der Waals surface area contributed by atoms with Gasteiger partial charge in [0.05, 0.1) is 5.69 Å². The number of hydrogen-bond donors (Lipinski definition) is 1. The van der Waals surface area contributed by atoms with Crippen molar-refractivity contribution < 1.29 is 9.59 Å². The average molecular weight is 364 g/mol. The number of aromatic nitrogens is 1. The molecule has 0 spiro atoms. The molecule has 0 fully saturated rings. The maximum Gasteiger partial charge on any atom is 0.224 e. The van der Waals surface area contributed by atoms with Crippen LogP contribution >= 0.6 is 11.3 Å². The fraction of sp³-hybridized carbons (Fsp3) is 0.190. The van der Waals surface area contributed by atoms with E-state index in [1.807, 2.05) is 5.38 Å². The molecular formula is C21H20N2O2S. The van der Waals surface area contributed by atoms with Gasteiger partial charge in [-0.1, -0.05) is 42.0 Å². The van der Waals surface area contributed by atoms with Gasteiger partial charge < -0.3 is 5.32 Å². The molecule has 0 unspecified atom stereocenters. The Bertz CT molecular complexity index is 929. The van der Waals surface area contributed by atoms with Crippen molar-refractivity contribution >= 4 is 28.7 Å². The van der Waals surface area contributed by atoms with E-state index in [-0.39, 0.29) is 11.7 Å². The molecule has 2 aromatic carbocycles. The van der Waals surface area contributed by atoms with Crippen molar-refractivity contribution in [3.63, 3.8) is 0 Å². The molecule has 26 heavy (non-hydrogen) atoms. The zero-order valence-electron chi connectivity index (χ0n) is 14.8. The van der Waals surface area contributed by atoms with Gasteiger partial charge in [0.25, 0.3) is 0 Å². The van der Waals surface area contributed by atoms with Crippen LogP contribution in [0.2, 0.25) is 0 Å². The molecule has 5 heteroatoms. The third kappa shape index (κ3) is 4.64. The van der Waals surface area contributed by atoms with Crippen molar-refractivity contribution in [2.24, 2.45) is 0 Å². The molecule has 0 aliphatic carbocycles. The predicted molar refractivity (Wildman–Crippen MR) is 106 cm³/mol. The summed E-state index contributed by atoms with van der Waals surface area (Å²) in [6, 6.07) is 15.2. The van der Waals surface area contributed by atoms with Crippen LogP contribution < -0.4 is 5.32 Å². The monoisotopic (exact) mass is 364 g/mol. The van der Waals surface area contributed by atoms with Crippen LogP contribution in [-0.2, 0) is 11.2 Å². The largest absolute Gasteiger partial charge is 0.326 e. The molecule has 0 bridgehead atoms. The van der Waals surface area contributed by atoms with Gasteiger partial charge in [-0.25, -0.2) is 4.98 Å². The zero-order valence-corrected chi connectivity index (χ0v) is 15.6. The lowest BCUT2D eigenvalue weighted by molar-refractivity contribution is -0.116. The minimum absolute atomic E-state index is 0.0211. The quantitative estimate of drug-likeness (QED) is 0.633. The van der Waals surface area contributed by atoms with Crippen LogP contribution in [0.25, 0.3) is 10.6 Å². The van der Waals surface area contributed by atoms with E-state index < -0.39 is 0 Å². The third-order valence-electron chi connectivity index (χ3n) is 4.01. The lowest BCUT2D eigenvalue weighted by Crippen LogP contribution is -2.12. The summed E-state index contributed by atoms with van der Waals surface area (Å²) in [4.78, 5) is 28.2. The second kappa shape index (κ2) is 8.06. The highest BCUT2D eigenvalue weighted by atomic mass is 32.1. The van der Waals surface area contributed by atoms with E-state index in [0.29, 0.717) is 24.1 Å². The minimum Gasteiger partial charge on any atom is -0.326 e. The van der Waals surface area contributed by atoms with E-state index in [2.05, 4.69) is 41.5 Å². The summed E-state index contributed by atoms with van der Waals surface area (Å²) in [5, 5.41) is 5.80. The number of hydrogen-bond acceptors (Lipinski definition) is 4. The standard InChI is InChI=1S/C21H20N2O2S/c1-14-6-8-16(9-7-14)21-23-19(13-26-21)10-11-20(25)22-18-5-3-4-17(12-18)15(2)24/h3-9,12-13H,10-11H2,1-2H3,(H,22,25). The Balaban J connectivity index is 1.57. The van der Waals surface area contributed by atoms with Gasteiger partial charge >= 0.3 is 0 Å². The van der Waals surface area contributed by atoms with Crippen LogP contribution in [0.4, 0.5) is 5.69 Å². The molecule has 0 aliphatic rings. The number of carbonyl (C=O) groups excluding carboxylic acids is 2. The first-order valence-electron chi connectivity index (χ1n) is 8.43. The molecule has 3 rings (SSSR count). The van der Waals surface area contributed by atoms with Crippen molar-refractivity contribution in [3.8, 4) is 10.6 Å². The maximum atomic E-state index is 12.2. The highest BCUT2D eigenvalue weighted by Gasteiger charge is 2.09. The summed E-state index contributed by atoms with van der Waals surface area (Å²) in [6.45, 7) is 3.57. The van der Waals surface area contributed by atoms with Gasteiger partial charge in [0.15, 0.2) is 5.78 Å². The van der Waals surface area contributed by atoms with E-state index in [1.165, 1.54) is 12.5 Å². The zero-order chi connectivity index (χ0) is 18.5. The van der Waals surface area contributed by atoms with Gasteiger partial charge in [0.2, 0.25) is 5.91 Å². The van der Waals surface area contributed by atoms with Gasteiger partial charge in [-0.05, 0) is 32.4 Å². The molecule has 1 heterocycles. The van der Waals surface area contributed by atoms with Gasteiger partial charge in [-0.3, -0.25) is 9.59 Å². The normalized spacial score (nSPS) is 10.5. The maximum absolute atomic E-state index is 12.2. The number of aryl methyl sites for hydroxylation is 2. The van der Waals surface area contributed by atoms with Crippen molar-refractivity contribution in [1.82, 2.24) is 4.98 Å².